The fourth-order valence-electron chi connectivity index (χ4n) is 3.12. The molecule has 0 saturated carbocycles. The van der Waals surface area contributed by atoms with Crippen LogP contribution in [-0.2, 0) is 33.6 Å². The van der Waals surface area contributed by atoms with Crippen molar-refractivity contribution < 1.29 is 38.7 Å². The first-order valence-corrected chi connectivity index (χ1v) is 9.62. The summed E-state index contributed by atoms with van der Waals surface area (Å²) in [6.07, 6.45) is -0.562. The van der Waals surface area contributed by atoms with E-state index >= 15 is 0 Å². The van der Waals surface area contributed by atoms with Crippen LogP contribution in [0.1, 0.15) is 25.7 Å². The van der Waals surface area contributed by atoms with Crippen LogP contribution in [0.5, 0.6) is 0 Å². The van der Waals surface area contributed by atoms with E-state index in [9.17, 15) is 33.6 Å². The number of hydrogen-bond acceptors (Lipinski definition) is 8. The van der Waals surface area contributed by atoms with E-state index in [1.807, 2.05) is 0 Å². The van der Waals surface area contributed by atoms with E-state index in [0.29, 0.717) is 6.42 Å². The summed E-state index contributed by atoms with van der Waals surface area (Å²) in [5.74, 6) is -6.40. The van der Waals surface area contributed by atoms with Crippen molar-refractivity contribution in [2.75, 3.05) is 19.6 Å². The number of hydrogen-bond donors (Lipinski definition) is 7. The summed E-state index contributed by atoms with van der Waals surface area (Å²) < 4.78 is 0. The van der Waals surface area contributed by atoms with Crippen molar-refractivity contribution >= 4 is 41.4 Å². The summed E-state index contributed by atoms with van der Waals surface area (Å²) in [7, 11) is 0. The standard InChI is InChI=1S/C17H27N7O8/c18-6-13(27)22-8(4-11(19)25)15(30)23-9(5-12(20)26)17(32)24-3-1-2-10(24)16(31)21-7-14(28)29/h8-10H,1-7,18H2,(H2,19,25)(H2,20,26)(H,21,31)(H,22,27)(H,23,30)(H,28,29)/t8-,9-,10-/m0/s1. The van der Waals surface area contributed by atoms with Crippen LogP contribution in [0.3, 0.4) is 0 Å². The predicted molar refractivity (Wildman–Crippen MR) is 106 cm³/mol. The summed E-state index contributed by atoms with van der Waals surface area (Å²) in [6, 6.07) is -3.97. The Kier molecular flexibility index (Phi) is 10.0. The lowest BCUT2D eigenvalue weighted by atomic mass is 10.1. The van der Waals surface area contributed by atoms with E-state index in [1.165, 1.54) is 0 Å². The highest BCUT2D eigenvalue weighted by molar-refractivity contribution is 5.98. The van der Waals surface area contributed by atoms with Gasteiger partial charge in [-0.15, -0.1) is 0 Å². The minimum Gasteiger partial charge on any atom is -0.480 e. The molecular weight excluding hydrogens is 430 g/mol. The molecule has 15 nitrogen and oxygen atoms in total. The molecule has 1 heterocycles. The van der Waals surface area contributed by atoms with Gasteiger partial charge in [-0.25, -0.2) is 0 Å². The third-order valence-corrected chi connectivity index (χ3v) is 4.51. The van der Waals surface area contributed by atoms with Gasteiger partial charge in [-0.1, -0.05) is 0 Å². The van der Waals surface area contributed by atoms with Gasteiger partial charge in [0.15, 0.2) is 0 Å². The Balaban J connectivity index is 3.00. The van der Waals surface area contributed by atoms with Crippen molar-refractivity contribution in [2.45, 2.75) is 43.8 Å². The Bertz CT molecular complexity index is 787. The smallest absolute Gasteiger partial charge is 0.322 e. The molecule has 3 atom stereocenters. The van der Waals surface area contributed by atoms with E-state index in [1.54, 1.807) is 0 Å². The summed E-state index contributed by atoms with van der Waals surface area (Å²) >= 11 is 0. The minimum absolute atomic E-state index is 0.115. The maximum Gasteiger partial charge on any atom is 0.322 e. The average molecular weight is 457 g/mol. The number of likely N-dealkylation sites (tertiary alicyclic amines) is 1. The second kappa shape index (κ2) is 12.2. The Morgan fingerprint density at radius 3 is 2.09 bits per heavy atom. The first-order chi connectivity index (χ1) is 15.0. The molecule has 0 aromatic carbocycles. The summed E-state index contributed by atoms with van der Waals surface area (Å²) in [5.41, 5.74) is 15.4. The number of nitrogens with zero attached hydrogens (tertiary/aromatic N) is 1. The third kappa shape index (κ3) is 8.17. The first-order valence-electron chi connectivity index (χ1n) is 9.62. The van der Waals surface area contributed by atoms with Gasteiger partial charge >= 0.3 is 5.97 Å². The van der Waals surface area contributed by atoms with Crippen LogP contribution in [-0.4, -0.2) is 89.2 Å². The van der Waals surface area contributed by atoms with Crippen LogP contribution in [0.15, 0.2) is 0 Å². The van der Waals surface area contributed by atoms with Gasteiger partial charge in [-0.3, -0.25) is 33.6 Å². The van der Waals surface area contributed by atoms with Crippen molar-refractivity contribution in [2.24, 2.45) is 17.2 Å². The fourth-order valence-corrected chi connectivity index (χ4v) is 3.12. The molecule has 6 amide bonds. The number of carbonyl (C=O) groups is 7. The molecule has 1 aliphatic rings. The number of nitrogens with two attached hydrogens (primary N) is 3. The van der Waals surface area contributed by atoms with E-state index in [-0.39, 0.29) is 13.0 Å². The quantitative estimate of drug-likeness (QED) is 0.147. The fraction of sp³-hybridized carbons (Fsp3) is 0.588. The van der Waals surface area contributed by atoms with E-state index in [4.69, 9.17) is 22.3 Å². The minimum atomic E-state index is -1.50. The number of primary amides is 2. The summed E-state index contributed by atoms with van der Waals surface area (Å²) in [4.78, 5) is 83.9. The third-order valence-electron chi connectivity index (χ3n) is 4.51. The topological polar surface area (TPSA) is 257 Å². The Labute approximate surface area is 182 Å². The molecule has 10 N–H and O–H groups in total. The van der Waals surface area contributed by atoms with Crippen molar-refractivity contribution in [3.05, 3.63) is 0 Å². The molecule has 0 aliphatic carbocycles. The van der Waals surface area contributed by atoms with Crippen molar-refractivity contribution in [3.8, 4) is 0 Å². The number of amides is 6. The van der Waals surface area contributed by atoms with Crippen LogP contribution in [0.4, 0.5) is 0 Å². The number of nitrogens with one attached hydrogen (secondary N) is 3. The van der Waals surface area contributed by atoms with Gasteiger partial charge in [-0.2, -0.15) is 0 Å². The largest absolute Gasteiger partial charge is 0.480 e. The van der Waals surface area contributed by atoms with Gasteiger partial charge in [0.05, 0.1) is 19.4 Å². The van der Waals surface area contributed by atoms with Crippen LogP contribution in [0.2, 0.25) is 0 Å². The molecule has 0 spiro atoms. The highest BCUT2D eigenvalue weighted by Crippen LogP contribution is 2.19. The van der Waals surface area contributed by atoms with Gasteiger partial charge in [-0.05, 0) is 12.8 Å². The van der Waals surface area contributed by atoms with Crippen LogP contribution in [0, 0.1) is 0 Å². The van der Waals surface area contributed by atoms with Crippen LogP contribution >= 0.6 is 0 Å². The van der Waals surface area contributed by atoms with Gasteiger partial charge in [0.2, 0.25) is 35.4 Å². The summed E-state index contributed by atoms with van der Waals surface area (Å²) in [6.45, 7) is -1.01. The zero-order chi connectivity index (χ0) is 24.4. The normalized spacial score (nSPS) is 17.0. The molecule has 1 rings (SSSR count). The van der Waals surface area contributed by atoms with Gasteiger partial charge < -0.3 is 43.2 Å². The highest BCUT2D eigenvalue weighted by atomic mass is 16.4. The number of carboxylic acid groups (broad SMARTS) is 1. The Hall–Kier alpha value is -3.75. The van der Waals surface area contributed by atoms with Gasteiger partial charge in [0.25, 0.3) is 0 Å². The van der Waals surface area contributed by atoms with Crippen LogP contribution < -0.4 is 33.2 Å². The zero-order valence-corrected chi connectivity index (χ0v) is 17.2. The Morgan fingerprint density at radius 2 is 1.56 bits per heavy atom. The lowest BCUT2D eigenvalue weighted by molar-refractivity contribution is -0.144. The molecule has 0 bridgehead atoms. The average Bonchev–Trinajstić information content (AvgIpc) is 3.19. The first kappa shape index (κ1) is 26.3. The summed E-state index contributed by atoms with van der Waals surface area (Å²) in [5, 5.41) is 15.3. The second-order valence-electron chi connectivity index (χ2n) is 7.03. The molecule has 1 fully saturated rings. The lowest BCUT2D eigenvalue weighted by Gasteiger charge is -2.29. The van der Waals surface area contributed by atoms with E-state index < -0.39 is 85.5 Å². The Morgan fingerprint density at radius 1 is 0.969 bits per heavy atom. The van der Waals surface area contributed by atoms with E-state index in [2.05, 4.69) is 16.0 Å². The molecule has 32 heavy (non-hydrogen) atoms. The molecular formula is C17H27N7O8. The van der Waals surface area contributed by atoms with E-state index in [0.717, 1.165) is 4.90 Å². The monoisotopic (exact) mass is 457 g/mol. The SMILES string of the molecule is NCC(=O)N[C@@H](CC(N)=O)C(=O)N[C@@H](CC(N)=O)C(=O)N1CCC[C@H]1C(=O)NCC(=O)O. The van der Waals surface area contributed by atoms with Gasteiger partial charge in [0.1, 0.15) is 24.7 Å². The maximum atomic E-state index is 13.0. The number of rotatable bonds is 12. The molecule has 0 unspecified atom stereocenters. The molecule has 0 aromatic rings. The molecule has 0 radical (unpaired) electrons. The molecule has 0 aromatic heterocycles. The lowest BCUT2D eigenvalue weighted by Crippen LogP contribution is -2.58. The number of aliphatic carboxylic acids is 1. The van der Waals surface area contributed by atoms with Crippen molar-refractivity contribution in [1.29, 1.82) is 0 Å². The van der Waals surface area contributed by atoms with Crippen molar-refractivity contribution in [3.63, 3.8) is 0 Å². The maximum absolute atomic E-state index is 13.0. The highest BCUT2D eigenvalue weighted by Gasteiger charge is 2.39. The molecule has 1 aliphatic heterocycles. The molecule has 15 heteroatoms. The predicted octanol–water partition coefficient (Wildman–Crippen LogP) is -5.14. The van der Waals surface area contributed by atoms with Gasteiger partial charge in [0, 0.05) is 6.54 Å². The number of carboxylic acids is 1. The van der Waals surface area contributed by atoms with Crippen molar-refractivity contribution in [1.82, 2.24) is 20.9 Å². The number of carbonyl (C=O) groups excluding carboxylic acids is 6. The molecule has 1 saturated heterocycles. The second-order valence-corrected chi connectivity index (χ2v) is 7.03. The van der Waals surface area contributed by atoms with Crippen LogP contribution in [0.25, 0.3) is 0 Å². The zero-order valence-electron chi connectivity index (χ0n) is 17.2. The molecule has 178 valence electrons.